The number of pyridine rings is 1. The van der Waals surface area contributed by atoms with Crippen molar-refractivity contribution in [3.8, 4) is 0 Å². The molecule has 0 spiro atoms. The SMILES string of the molecule is Clc1ncc(Br)cc1[C@@H]1CO1. The molecule has 0 radical (unpaired) electrons. The normalized spacial score (nSPS) is 21.8. The van der Waals surface area contributed by atoms with Crippen LogP contribution in [0.5, 0.6) is 0 Å². The molecule has 0 N–H and O–H groups in total. The van der Waals surface area contributed by atoms with Gasteiger partial charge in [0.05, 0.1) is 6.61 Å². The summed E-state index contributed by atoms with van der Waals surface area (Å²) in [5, 5.41) is 0.538. The van der Waals surface area contributed by atoms with Gasteiger partial charge in [-0.1, -0.05) is 11.6 Å². The second-order valence-corrected chi connectivity index (χ2v) is 3.63. The molecule has 2 heterocycles. The molecule has 1 atom stereocenters. The van der Waals surface area contributed by atoms with Crippen molar-refractivity contribution in [1.29, 1.82) is 0 Å². The molecule has 2 nitrogen and oxygen atoms in total. The monoisotopic (exact) mass is 233 g/mol. The number of hydrogen-bond acceptors (Lipinski definition) is 2. The fourth-order valence-electron chi connectivity index (χ4n) is 0.892. The van der Waals surface area contributed by atoms with Gasteiger partial charge in [-0.25, -0.2) is 4.98 Å². The summed E-state index contributed by atoms with van der Waals surface area (Å²) < 4.78 is 6.02. The molecule has 1 fully saturated rings. The number of epoxide rings is 1. The van der Waals surface area contributed by atoms with Gasteiger partial charge in [-0.05, 0) is 22.0 Å². The number of rotatable bonds is 1. The Morgan fingerprint density at radius 2 is 2.45 bits per heavy atom. The third-order valence-corrected chi connectivity index (χ3v) is 2.26. The largest absolute Gasteiger partial charge is 0.368 e. The summed E-state index contributed by atoms with van der Waals surface area (Å²) in [6.45, 7) is 0.762. The first-order chi connectivity index (χ1) is 5.27. The van der Waals surface area contributed by atoms with E-state index in [9.17, 15) is 0 Å². The van der Waals surface area contributed by atoms with Gasteiger partial charge in [0, 0.05) is 16.2 Å². The van der Waals surface area contributed by atoms with E-state index < -0.39 is 0 Å². The van der Waals surface area contributed by atoms with Crippen LogP contribution in [0.4, 0.5) is 0 Å². The molecule has 0 amide bonds. The number of nitrogens with zero attached hydrogens (tertiary/aromatic N) is 1. The third kappa shape index (κ3) is 1.55. The topological polar surface area (TPSA) is 25.4 Å². The summed E-state index contributed by atoms with van der Waals surface area (Å²) in [7, 11) is 0. The van der Waals surface area contributed by atoms with Crippen molar-refractivity contribution >= 4 is 27.5 Å². The Balaban J connectivity index is 2.42. The molecule has 11 heavy (non-hydrogen) atoms. The Labute approximate surface area is 77.7 Å². The van der Waals surface area contributed by atoms with Crippen LogP contribution in [0.1, 0.15) is 11.7 Å². The molecule has 1 aromatic heterocycles. The average Bonchev–Trinajstić information content (AvgIpc) is 2.76. The molecule has 1 aliphatic heterocycles. The molecule has 1 aliphatic rings. The molecule has 1 saturated heterocycles. The van der Waals surface area contributed by atoms with Crippen LogP contribution in [0.15, 0.2) is 16.7 Å². The highest BCUT2D eigenvalue weighted by Gasteiger charge is 2.27. The fraction of sp³-hybridized carbons (Fsp3) is 0.286. The molecule has 1 aromatic rings. The lowest BCUT2D eigenvalue weighted by atomic mass is 10.2. The zero-order valence-corrected chi connectivity index (χ0v) is 7.89. The van der Waals surface area contributed by atoms with Gasteiger partial charge >= 0.3 is 0 Å². The number of ether oxygens (including phenoxy) is 1. The molecule has 0 bridgehead atoms. The van der Waals surface area contributed by atoms with E-state index in [2.05, 4.69) is 20.9 Å². The number of halogens is 2. The van der Waals surface area contributed by atoms with Crippen LogP contribution < -0.4 is 0 Å². The Morgan fingerprint density at radius 3 is 3.09 bits per heavy atom. The summed E-state index contributed by atoms with van der Waals surface area (Å²) in [5.41, 5.74) is 0.973. The summed E-state index contributed by atoms with van der Waals surface area (Å²) >= 11 is 9.13. The van der Waals surface area contributed by atoms with E-state index in [1.807, 2.05) is 6.07 Å². The van der Waals surface area contributed by atoms with Crippen LogP contribution in [0.25, 0.3) is 0 Å². The molecule has 2 rings (SSSR count). The van der Waals surface area contributed by atoms with E-state index in [1.165, 1.54) is 0 Å². The molecule has 0 aromatic carbocycles. The van der Waals surface area contributed by atoms with Gasteiger partial charge in [-0.2, -0.15) is 0 Å². The summed E-state index contributed by atoms with van der Waals surface area (Å²) in [4.78, 5) is 3.98. The molecular weight excluding hydrogens is 229 g/mol. The fourth-order valence-corrected chi connectivity index (χ4v) is 1.47. The smallest absolute Gasteiger partial charge is 0.134 e. The second-order valence-electron chi connectivity index (χ2n) is 2.36. The van der Waals surface area contributed by atoms with Gasteiger partial charge in [-0.15, -0.1) is 0 Å². The first kappa shape index (κ1) is 7.53. The zero-order valence-electron chi connectivity index (χ0n) is 5.55. The first-order valence-electron chi connectivity index (χ1n) is 3.20. The van der Waals surface area contributed by atoms with Crippen molar-refractivity contribution in [3.05, 3.63) is 27.5 Å². The third-order valence-electron chi connectivity index (χ3n) is 1.51. The van der Waals surface area contributed by atoms with Crippen molar-refractivity contribution in [2.24, 2.45) is 0 Å². The Kier molecular flexibility index (Phi) is 1.87. The minimum absolute atomic E-state index is 0.174. The van der Waals surface area contributed by atoms with Gasteiger partial charge in [0.25, 0.3) is 0 Å². The minimum Gasteiger partial charge on any atom is -0.368 e. The van der Waals surface area contributed by atoms with Crippen LogP contribution in [-0.2, 0) is 4.74 Å². The van der Waals surface area contributed by atoms with Crippen LogP contribution >= 0.6 is 27.5 Å². The van der Waals surface area contributed by atoms with Crippen LogP contribution in [0.3, 0.4) is 0 Å². The van der Waals surface area contributed by atoms with Crippen molar-refractivity contribution in [3.63, 3.8) is 0 Å². The van der Waals surface area contributed by atoms with E-state index in [1.54, 1.807) is 6.20 Å². The molecule has 4 heteroatoms. The maximum absolute atomic E-state index is 5.82. The highest BCUT2D eigenvalue weighted by molar-refractivity contribution is 9.10. The predicted octanol–water partition coefficient (Wildman–Crippen LogP) is 2.57. The van der Waals surface area contributed by atoms with E-state index in [0.717, 1.165) is 16.6 Å². The molecule has 0 aliphatic carbocycles. The van der Waals surface area contributed by atoms with Crippen molar-refractivity contribution < 1.29 is 4.74 Å². The molecule has 0 unspecified atom stereocenters. The number of aromatic nitrogens is 1. The standard InChI is InChI=1S/C7H5BrClNO/c8-4-1-5(6-3-11-6)7(9)10-2-4/h1-2,6H,3H2/t6-/m0/s1. The van der Waals surface area contributed by atoms with E-state index in [4.69, 9.17) is 16.3 Å². The molecule has 58 valence electrons. The molecule has 0 saturated carbocycles. The van der Waals surface area contributed by atoms with Gasteiger partial charge in [0.15, 0.2) is 0 Å². The first-order valence-corrected chi connectivity index (χ1v) is 4.37. The summed E-state index contributed by atoms with van der Waals surface area (Å²) in [6, 6.07) is 1.94. The quantitative estimate of drug-likeness (QED) is 0.551. The maximum atomic E-state index is 5.82. The van der Waals surface area contributed by atoms with E-state index in [0.29, 0.717) is 5.15 Å². The van der Waals surface area contributed by atoms with Gasteiger partial charge < -0.3 is 4.74 Å². The lowest BCUT2D eigenvalue weighted by Gasteiger charge is -1.98. The predicted molar refractivity (Wildman–Crippen MR) is 45.6 cm³/mol. The highest BCUT2D eigenvalue weighted by atomic mass is 79.9. The maximum Gasteiger partial charge on any atom is 0.134 e. The average molecular weight is 234 g/mol. The van der Waals surface area contributed by atoms with Crippen LogP contribution in [0.2, 0.25) is 5.15 Å². The van der Waals surface area contributed by atoms with Crippen molar-refractivity contribution in [2.45, 2.75) is 6.10 Å². The highest BCUT2D eigenvalue weighted by Crippen LogP contribution is 2.34. The summed E-state index contributed by atoms with van der Waals surface area (Å²) in [5.74, 6) is 0. The number of hydrogen-bond donors (Lipinski definition) is 0. The lowest BCUT2D eigenvalue weighted by Crippen LogP contribution is -1.85. The Hall–Kier alpha value is -0.120. The molecular formula is C7H5BrClNO. The van der Waals surface area contributed by atoms with Crippen LogP contribution in [-0.4, -0.2) is 11.6 Å². The van der Waals surface area contributed by atoms with Crippen LogP contribution in [0, 0.1) is 0 Å². The lowest BCUT2D eigenvalue weighted by molar-refractivity contribution is 0.415. The van der Waals surface area contributed by atoms with Gasteiger partial charge in [-0.3, -0.25) is 0 Å². The van der Waals surface area contributed by atoms with E-state index >= 15 is 0 Å². The summed E-state index contributed by atoms with van der Waals surface area (Å²) in [6.07, 6.45) is 1.85. The van der Waals surface area contributed by atoms with Crippen molar-refractivity contribution in [2.75, 3.05) is 6.61 Å². The minimum atomic E-state index is 0.174. The van der Waals surface area contributed by atoms with Gasteiger partial charge in [0.1, 0.15) is 11.3 Å². The van der Waals surface area contributed by atoms with Crippen molar-refractivity contribution in [1.82, 2.24) is 4.98 Å². The second kappa shape index (κ2) is 2.73. The zero-order chi connectivity index (χ0) is 7.84. The Morgan fingerprint density at radius 1 is 1.73 bits per heavy atom. The Bertz CT molecular complexity index is 288. The van der Waals surface area contributed by atoms with Gasteiger partial charge in [0.2, 0.25) is 0 Å². The van der Waals surface area contributed by atoms with E-state index in [-0.39, 0.29) is 6.10 Å².